The normalized spacial score (nSPS) is 41.3. The minimum atomic E-state index is 0.273. The molecule has 0 radical (unpaired) electrons. The Balaban J connectivity index is 1.84. The molecule has 0 aliphatic heterocycles. The van der Waals surface area contributed by atoms with Gasteiger partial charge < -0.3 is 5.32 Å². The van der Waals surface area contributed by atoms with Crippen LogP contribution in [0, 0.1) is 23.2 Å². The Morgan fingerprint density at radius 3 is 2.60 bits per heavy atom. The quantitative estimate of drug-likeness (QED) is 0.754. The summed E-state index contributed by atoms with van der Waals surface area (Å²) in [5.74, 6) is 1.15. The van der Waals surface area contributed by atoms with Crippen LogP contribution in [0.25, 0.3) is 0 Å². The van der Waals surface area contributed by atoms with Gasteiger partial charge in [-0.05, 0) is 38.0 Å². The van der Waals surface area contributed by atoms with Crippen LogP contribution >= 0.6 is 0 Å². The highest BCUT2D eigenvalue weighted by Crippen LogP contribution is 2.29. The van der Waals surface area contributed by atoms with Crippen LogP contribution in [0.2, 0.25) is 0 Å². The van der Waals surface area contributed by atoms with Gasteiger partial charge in [-0.1, -0.05) is 19.8 Å². The van der Waals surface area contributed by atoms with Crippen LogP contribution in [0.3, 0.4) is 0 Å². The summed E-state index contributed by atoms with van der Waals surface area (Å²) in [4.78, 5) is 0. The largest absolute Gasteiger partial charge is 0.310 e. The molecule has 0 bridgehead atoms. The molecule has 0 amide bonds. The lowest BCUT2D eigenvalue weighted by molar-refractivity contribution is 0.284. The molecule has 0 aromatic carbocycles. The van der Waals surface area contributed by atoms with Crippen LogP contribution in [0.15, 0.2) is 0 Å². The maximum absolute atomic E-state index is 9.10. The Hall–Kier alpha value is -0.550. The number of hydrogen-bond acceptors (Lipinski definition) is 2. The molecule has 2 rings (SSSR count). The van der Waals surface area contributed by atoms with Crippen molar-refractivity contribution in [2.75, 3.05) is 0 Å². The average molecular weight is 206 g/mol. The number of rotatable bonds is 2. The van der Waals surface area contributed by atoms with Crippen molar-refractivity contribution in [1.29, 1.82) is 5.26 Å². The number of nitriles is 1. The van der Waals surface area contributed by atoms with E-state index < -0.39 is 0 Å². The van der Waals surface area contributed by atoms with Crippen LogP contribution in [-0.2, 0) is 0 Å². The van der Waals surface area contributed by atoms with Crippen LogP contribution in [-0.4, -0.2) is 12.1 Å². The van der Waals surface area contributed by atoms with Crippen LogP contribution in [0.1, 0.15) is 51.9 Å². The first-order valence-corrected chi connectivity index (χ1v) is 6.45. The topological polar surface area (TPSA) is 35.8 Å². The van der Waals surface area contributed by atoms with Crippen molar-refractivity contribution in [3.63, 3.8) is 0 Å². The van der Waals surface area contributed by atoms with Crippen molar-refractivity contribution in [2.24, 2.45) is 11.8 Å². The third-order valence-electron chi connectivity index (χ3n) is 4.08. The molecule has 1 N–H and O–H groups in total. The minimum Gasteiger partial charge on any atom is -0.310 e. The van der Waals surface area contributed by atoms with Crippen LogP contribution < -0.4 is 5.32 Å². The molecule has 2 aliphatic carbocycles. The molecule has 2 fully saturated rings. The molecule has 2 saturated carbocycles. The van der Waals surface area contributed by atoms with Crippen LogP contribution in [0.5, 0.6) is 0 Å². The first-order valence-electron chi connectivity index (χ1n) is 6.45. The van der Waals surface area contributed by atoms with Gasteiger partial charge in [0.05, 0.1) is 12.0 Å². The second-order valence-electron chi connectivity index (χ2n) is 5.41. The molecule has 4 unspecified atom stereocenters. The maximum atomic E-state index is 9.10. The van der Waals surface area contributed by atoms with E-state index in [9.17, 15) is 0 Å². The summed E-state index contributed by atoms with van der Waals surface area (Å²) in [5, 5.41) is 12.8. The molecular formula is C13H22N2. The zero-order valence-electron chi connectivity index (χ0n) is 9.71. The Bertz CT molecular complexity index is 243. The van der Waals surface area contributed by atoms with E-state index in [0.29, 0.717) is 12.1 Å². The van der Waals surface area contributed by atoms with E-state index >= 15 is 0 Å². The molecule has 0 aromatic rings. The van der Waals surface area contributed by atoms with Crippen molar-refractivity contribution in [3.8, 4) is 6.07 Å². The molecule has 0 heterocycles. The van der Waals surface area contributed by atoms with Crippen molar-refractivity contribution in [1.82, 2.24) is 5.32 Å². The molecule has 84 valence electrons. The van der Waals surface area contributed by atoms with E-state index in [1.165, 1.54) is 38.5 Å². The van der Waals surface area contributed by atoms with Gasteiger partial charge in [0.2, 0.25) is 0 Å². The van der Waals surface area contributed by atoms with E-state index in [1.54, 1.807) is 0 Å². The molecule has 4 atom stereocenters. The fraction of sp³-hybridized carbons (Fsp3) is 0.923. The van der Waals surface area contributed by atoms with Gasteiger partial charge in [-0.15, -0.1) is 0 Å². The van der Waals surface area contributed by atoms with Crippen molar-refractivity contribution in [3.05, 3.63) is 0 Å². The van der Waals surface area contributed by atoms with Gasteiger partial charge in [-0.25, -0.2) is 0 Å². The SMILES string of the molecule is CC1CCC(NC2CCCCC2C#N)C1. The standard InChI is InChI=1S/C13H22N2/c1-10-6-7-12(8-10)15-13-5-3-2-4-11(13)9-14/h10-13,15H,2-8H2,1H3. The number of nitrogens with zero attached hydrogens (tertiary/aromatic N) is 1. The number of hydrogen-bond donors (Lipinski definition) is 1. The first kappa shape index (κ1) is 11.0. The molecule has 2 heteroatoms. The van der Waals surface area contributed by atoms with Gasteiger partial charge in [0.25, 0.3) is 0 Å². The smallest absolute Gasteiger partial charge is 0.0672 e. The van der Waals surface area contributed by atoms with E-state index in [-0.39, 0.29) is 5.92 Å². The van der Waals surface area contributed by atoms with Crippen molar-refractivity contribution < 1.29 is 0 Å². The second kappa shape index (κ2) is 4.99. The lowest BCUT2D eigenvalue weighted by atomic mass is 9.85. The summed E-state index contributed by atoms with van der Waals surface area (Å²) in [7, 11) is 0. The molecule has 0 spiro atoms. The summed E-state index contributed by atoms with van der Waals surface area (Å²) < 4.78 is 0. The highest BCUT2D eigenvalue weighted by molar-refractivity contribution is 4.96. The molecule has 2 aliphatic rings. The van der Waals surface area contributed by atoms with E-state index in [0.717, 1.165) is 12.3 Å². The van der Waals surface area contributed by atoms with Gasteiger partial charge in [-0.3, -0.25) is 0 Å². The Labute approximate surface area is 93.0 Å². The Kier molecular flexibility index (Phi) is 3.64. The third kappa shape index (κ3) is 2.72. The Morgan fingerprint density at radius 2 is 1.93 bits per heavy atom. The zero-order chi connectivity index (χ0) is 10.7. The first-order chi connectivity index (χ1) is 7.29. The predicted octanol–water partition coefficient (Wildman–Crippen LogP) is 2.85. The average Bonchev–Trinajstić information content (AvgIpc) is 2.65. The summed E-state index contributed by atoms with van der Waals surface area (Å²) in [6.45, 7) is 2.34. The second-order valence-corrected chi connectivity index (χ2v) is 5.41. The summed E-state index contributed by atoms with van der Waals surface area (Å²) in [5.41, 5.74) is 0. The molecule has 15 heavy (non-hydrogen) atoms. The molecular weight excluding hydrogens is 184 g/mol. The summed E-state index contributed by atoms with van der Waals surface area (Å²) >= 11 is 0. The van der Waals surface area contributed by atoms with Gasteiger partial charge in [0.15, 0.2) is 0 Å². The molecule has 0 saturated heterocycles. The fourth-order valence-corrected chi connectivity index (χ4v) is 3.15. The number of nitrogens with one attached hydrogen (secondary N) is 1. The van der Waals surface area contributed by atoms with E-state index in [1.807, 2.05) is 0 Å². The van der Waals surface area contributed by atoms with Crippen LogP contribution in [0.4, 0.5) is 0 Å². The minimum absolute atomic E-state index is 0.273. The molecule has 2 nitrogen and oxygen atoms in total. The molecule has 0 aromatic heterocycles. The zero-order valence-corrected chi connectivity index (χ0v) is 9.71. The van der Waals surface area contributed by atoms with Gasteiger partial charge in [0, 0.05) is 12.1 Å². The lowest BCUT2D eigenvalue weighted by Crippen LogP contribution is -2.43. The summed E-state index contributed by atoms with van der Waals surface area (Å²) in [6.07, 6.45) is 8.86. The predicted molar refractivity (Wildman–Crippen MR) is 61.3 cm³/mol. The monoisotopic (exact) mass is 206 g/mol. The Morgan fingerprint density at radius 1 is 1.13 bits per heavy atom. The lowest BCUT2D eigenvalue weighted by Gasteiger charge is -2.30. The van der Waals surface area contributed by atoms with Crippen molar-refractivity contribution >= 4 is 0 Å². The van der Waals surface area contributed by atoms with E-state index in [2.05, 4.69) is 18.3 Å². The van der Waals surface area contributed by atoms with Crippen molar-refractivity contribution in [2.45, 2.75) is 64.0 Å². The fourth-order valence-electron chi connectivity index (χ4n) is 3.15. The van der Waals surface area contributed by atoms with E-state index in [4.69, 9.17) is 5.26 Å². The highest BCUT2D eigenvalue weighted by atomic mass is 15.0. The third-order valence-corrected chi connectivity index (χ3v) is 4.08. The highest BCUT2D eigenvalue weighted by Gasteiger charge is 2.29. The maximum Gasteiger partial charge on any atom is 0.0672 e. The van der Waals surface area contributed by atoms with Gasteiger partial charge in [-0.2, -0.15) is 5.26 Å². The summed E-state index contributed by atoms with van der Waals surface area (Å²) in [6, 6.07) is 3.66. The van der Waals surface area contributed by atoms with Gasteiger partial charge >= 0.3 is 0 Å². The van der Waals surface area contributed by atoms with Gasteiger partial charge in [0.1, 0.15) is 0 Å².